The third-order valence-corrected chi connectivity index (χ3v) is 5.09. The fourth-order valence-corrected chi connectivity index (χ4v) is 3.45. The molecule has 2 amide bonds. The van der Waals surface area contributed by atoms with Gasteiger partial charge in [-0.1, -0.05) is 30.3 Å². The number of anilines is 1. The van der Waals surface area contributed by atoms with Gasteiger partial charge in [-0.3, -0.25) is 19.4 Å². The quantitative estimate of drug-likeness (QED) is 0.472. The van der Waals surface area contributed by atoms with E-state index >= 15 is 0 Å². The van der Waals surface area contributed by atoms with E-state index in [1.165, 1.54) is 4.90 Å². The van der Waals surface area contributed by atoms with Gasteiger partial charge in [0, 0.05) is 13.1 Å². The Kier molecular flexibility index (Phi) is 4.24. The zero-order valence-electron chi connectivity index (χ0n) is 16.1. The van der Waals surface area contributed by atoms with Crippen LogP contribution in [0, 0.1) is 0 Å². The van der Waals surface area contributed by atoms with Crippen LogP contribution in [0.15, 0.2) is 48.7 Å². The maximum Gasteiger partial charge on any atom is 0.271 e. The van der Waals surface area contributed by atoms with E-state index in [-0.39, 0.29) is 18.4 Å². The van der Waals surface area contributed by atoms with Gasteiger partial charge in [0.1, 0.15) is 35.1 Å². The molecule has 10 nitrogen and oxygen atoms in total. The first-order valence-electron chi connectivity index (χ1n) is 9.43. The molecular weight excluding hydrogens is 386 g/mol. The molecule has 0 bridgehead atoms. The van der Waals surface area contributed by atoms with Crippen molar-refractivity contribution in [3.8, 4) is 5.75 Å². The molecule has 0 spiro atoms. The van der Waals surface area contributed by atoms with E-state index in [4.69, 9.17) is 4.74 Å². The van der Waals surface area contributed by atoms with Gasteiger partial charge in [-0.25, -0.2) is 0 Å². The molecule has 30 heavy (non-hydrogen) atoms. The Hall–Kier alpha value is -4.08. The minimum absolute atomic E-state index is 0.0201. The second-order valence-corrected chi connectivity index (χ2v) is 7.13. The number of rotatable bonds is 4. The highest BCUT2D eigenvalue weighted by Gasteiger charge is 2.32. The number of nitrogens with zero attached hydrogens (tertiary/aromatic N) is 4. The molecule has 2 aromatic heterocycles. The molecule has 0 aliphatic carbocycles. The Morgan fingerprint density at radius 1 is 1.23 bits per heavy atom. The molecule has 3 N–H and O–H groups in total. The van der Waals surface area contributed by atoms with E-state index in [1.54, 1.807) is 30.1 Å². The number of hydrogen-bond acceptors (Lipinski definition) is 5. The highest BCUT2D eigenvalue weighted by molar-refractivity contribution is 6.04. The fraction of sp³-hybridized carbons (Fsp3) is 0.200. The van der Waals surface area contributed by atoms with Crippen molar-refractivity contribution in [2.45, 2.75) is 12.6 Å². The summed E-state index contributed by atoms with van der Waals surface area (Å²) in [6.45, 7) is 0.656. The van der Waals surface area contributed by atoms with Crippen molar-refractivity contribution in [2.24, 2.45) is 0 Å². The first kappa shape index (κ1) is 18.0. The van der Waals surface area contributed by atoms with E-state index < -0.39 is 6.04 Å². The average Bonchev–Trinajstić information content (AvgIpc) is 3.15. The summed E-state index contributed by atoms with van der Waals surface area (Å²) in [4.78, 5) is 26.9. The number of H-pyrrole nitrogens is 2. The van der Waals surface area contributed by atoms with Crippen molar-refractivity contribution >= 4 is 28.5 Å². The fourth-order valence-electron chi connectivity index (χ4n) is 3.45. The maximum absolute atomic E-state index is 12.9. The van der Waals surface area contributed by atoms with Crippen molar-refractivity contribution in [1.82, 2.24) is 30.5 Å². The topological polar surface area (TPSA) is 121 Å². The maximum atomic E-state index is 12.9. The molecule has 0 saturated heterocycles. The molecule has 5 rings (SSSR count). The standard InChI is InChI=1S/C20H19N7O3/c1-26-17-7-13-14(23-25-22-13)8-18(17)30-11-16(20(26)29)21-19(28)15-10-27(24-15)9-12-5-3-2-4-6-12/h2-8,10,16,24H,9,11H2,1H3,(H,21,28)(H,22,23,25)/t16-/m0/s1. The first-order valence-corrected chi connectivity index (χ1v) is 9.43. The number of amides is 2. The average molecular weight is 405 g/mol. The number of aromatic nitrogens is 5. The summed E-state index contributed by atoms with van der Waals surface area (Å²) >= 11 is 0. The Morgan fingerprint density at radius 2 is 1.97 bits per heavy atom. The predicted octanol–water partition coefficient (Wildman–Crippen LogP) is 1.29. The van der Waals surface area contributed by atoms with Crippen LogP contribution in [-0.2, 0) is 11.3 Å². The van der Waals surface area contributed by atoms with Crippen LogP contribution in [0.4, 0.5) is 5.69 Å². The van der Waals surface area contributed by atoms with E-state index in [2.05, 4.69) is 25.8 Å². The van der Waals surface area contributed by atoms with Gasteiger partial charge in [0.2, 0.25) is 0 Å². The van der Waals surface area contributed by atoms with Gasteiger partial charge in [-0.15, -0.1) is 0 Å². The van der Waals surface area contributed by atoms with E-state index in [0.29, 0.717) is 34.7 Å². The molecule has 0 radical (unpaired) electrons. The van der Waals surface area contributed by atoms with Crippen LogP contribution in [0.2, 0.25) is 0 Å². The Balaban J connectivity index is 1.28. The normalized spacial score (nSPS) is 16.2. The summed E-state index contributed by atoms with van der Waals surface area (Å²) in [6, 6.07) is 12.5. The Bertz CT molecular complexity index is 1210. The minimum atomic E-state index is -0.817. The van der Waals surface area contributed by atoms with Crippen LogP contribution in [0.25, 0.3) is 11.0 Å². The van der Waals surface area contributed by atoms with Crippen LogP contribution in [0.1, 0.15) is 16.1 Å². The summed E-state index contributed by atoms with van der Waals surface area (Å²) in [7, 11) is 1.64. The van der Waals surface area contributed by atoms with Crippen LogP contribution in [0.3, 0.4) is 0 Å². The lowest BCUT2D eigenvalue weighted by Gasteiger charge is -2.21. The lowest BCUT2D eigenvalue weighted by Crippen LogP contribution is -2.50. The molecule has 3 heterocycles. The van der Waals surface area contributed by atoms with Gasteiger partial charge in [-0.2, -0.15) is 15.4 Å². The molecule has 4 aromatic rings. The zero-order chi connectivity index (χ0) is 20.7. The van der Waals surface area contributed by atoms with Gasteiger partial charge in [0.05, 0.1) is 18.4 Å². The smallest absolute Gasteiger partial charge is 0.271 e. The molecule has 1 aliphatic heterocycles. The molecule has 1 atom stereocenters. The predicted molar refractivity (Wildman–Crippen MR) is 108 cm³/mol. The molecule has 0 unspecified atom stereocenters. The third kappa shape index (κ3) is 3.17. The minimum Gasteiger partial charge on any atom is -0.489 e. The highest BCUT2D eigenvalue weighted by atomic mass is 16.5. The first-order chi connectivity index (χ1) is 14.6. The number of nitrogens with one attached hydrogen (secondary N) is 3. The van der Waals surface area contributed by atoms with Gasteiger partial charge in [-0.05, 0) is 11.6 Å². The van der Waals surface area contributed by atoms with Crippen molar-refractivity contribution in [3.63, 3.8) is 0 Å². The monoisotopic (exact) mass is 405 g/mol. The van der Waals surface area contributed by atoms with Gasteiger partial charge < -0.3 is 15.0 Å². The van der Waals surface area contributed by atoms with E-state index in [0.717, 1.165) is 5.56 Å². The summed E-state index contributed by atoms with van der Waals surface area (Å²) in [6.07, 6.45) is 1.71. The molecule has 0 fully saturated rings. The summed E-state index contributed by atoms with van der Waals surface area (Å²) in [5, 5.41) is 16.4. The largest absolute Gasteiger partial charge is 0.489 e. The third-order valence-electron chi connectivity index (χ3n) is 5.09. The zero-order valence-corrected chi connectivity index (χ0v) is 16.1. The van der Waals surface area contributed by atoms with Gasteiger partial charge in [0.15, 0.2) is 0 Å². The van der Waals surface area contributed by atoms with Crippen LogP contribution in [0.5, 0.6) is 5.75 Å². The van der Waals surface area contributed by atoms with Gasteiger partial charge in [0.25, 0.3) is 11.8 Å². The number of likely N-dealkylation sites (N-methyl/N-ethyl adjacent to an activating group) is 1. The Labute approximate surface area is 170 Å². The van der Waals surface area contributed by atoms with Crippen molar-refractivity contribution in [2.75, 3.05) is 18.6 Å². The number of aromatic amines is 2. The van der Waals surface area contributed by atoms with Crippen LogP contribution in [-0.4, -0.2) is 56.7 Å². The summed E-state index contributed by atoms with van der Waals surface area (Å²) < 4.78 is 7.61. The second-order valence-electron chi connectivity index (χ2n) is 7.13. The lowest BCUT2D eigenvalue weighted by molar-refractivity contribution is -0.120. The molecule has 1 aliphatic rings. The van der Waals surface area contributed by atoms with Gasteiger partial charge >= 0.3 is 0 Å². The SMILES string of the molecule is CN1C(=O)[C@@H](NC(=O)c2cn(Cc3ccccc3)[nH]2)COc2cc3n[nH]nc3cc21. The van der Waals surface area contributed by atoms with E-state index in [1.807, 2.05) is 30.3 Å². The number of carbonyl (C=O) groups is 2. The molecule has 2 aromatic carbocycles. The molecule has 10 heteroatoms. The lowest BCUT2D eigenvalue weighted by atomic mass is 10.2. The molecule has 0 saturated carbocycles. The Morgan fingerprint density at radius 3 is 2.73 bits per heavy atom. The number of benzene rings is 2. The summed E-state index contributed by atoms with van der Waals surface area (Å²) in [5.41, 5.74) is 3.35. The summed E-state index contributed by atoms with van der Waals surface area (Å²) in [5.74, 6) is -0.123. The van der Waals surface area contributed by atoms with Crippen LogP contribution < -0.4 is 15.0 Å². The van der Waals surface area contributed by atoms with Crippen molar-refractivity contribution in [3.05, 3.63) is 59.9 Å². The molecule has 152 valence electrons. The van der Waals surface area contributed by atoms with Crippen molar-refractivity contribution in [1.29, 1.82) is 0 Å². The van der Waals surface area contributed by atoms with Crippen molar-refractivity contribution < 1.29 is 14.3 Å². The van der Waals surface area contributed by atoms with Crippen LogP contribution >= 0.6 is 0 Å². The number of fused-ring (bicyclic) bond motifs is 2. The number of carbonyl (C=O) groups excluding carboxylic acids is 2. The van der Waals surface area contributed by atoms with E-state index in [9.17, 15) is 9.59 Å². The number of hydrogen-bond donors (Lipinski definition) is 3. The highest BCUT2D eigenvalue weighted by Crippen LogP contribution is 2.33. The molecular formula is C20H19N7O3. The number of ether oxygens (including phenoxy) is 1. The second kappa shape index (κ2) is 7.07.